The third-order valence-electron chi connectivity index (χ3n) is 26.9. The molecule has 10 fully saturated rings. The molecule has 7 amide bonds. The third-order valence-corrected chi connectivity index (χ3v) is 26.9. The van der Waals surface area contributed by atoms with E-state index in [0.29, 0.717) is 104 Å². The molecule has 4 bridgehead atoms. The molecule has 2 saturated carbocycles. The second kappa shape index (κ2) is 33.2. The Kier molecular flexibility index (Phi) is 21.5. The van der Waals surface area contributed by atoms with E-state index >= 15 is 4.39 Å². The summed E-state index contributed by atoms with van der Waals surface area (Å²) in [5.74, 6) is 12.4. The van der Waals surface area contributed by atoms with Crippen LogP contribution in [0, 0.1) is 41.4 Å². The smallest absolute Gasteiger partial charge is 0.329 e. The fourth-order valence-corrected chi connectivity index (χ4v) is 20.7. The van der Waals surface area contributed by atoms with Crippen molar-refractivity contribution >= 4 is 97.4 Å². The van der Waals surface area contributed by atoms with Gasteiger partial charge in [0.2, 0.25) is 17.7 Å². The number of fused-ring (bicyclic) bond motifs is 8. The lowest BCUT2D eigenvalue weighted by Crippen LogP contribution is -2.56. The average Bonchev–Trinajstić information content (AvgIpc) is 1.55. The predicted octanol–water partition coefficient (Wildman–Crippen LogP) is 9.27. The number of hydrogen-bond donors (Lipinski definition) is 4. The van der Waals surface area contributed by atoms with Gasteiger partial charge in [0.15, 0.2) is 22.7 Å². The number of morpholine rings is 2. The van der Waals surface area contributed by atoms with Crippen molar-refractivity contribution in [1.29, 1.82) is 0 Å². The summed E-state index contributed by atoms with van der Waals surface area (Å²) in [6.45, 7) is 5.45. The van der Waals surface area contributed by atoms with Gasteiger partial charge in [0.25, 0.3) is 24.7 Å². The largest absolute Gasteiger partial charge is 0.368 e. The number of halogens is 5. The van der Waals surface area contributed by atoms with Crippen LogP contribution in [0.25, 0.3) is 33.1 Å². The lowest BCUT2D eigenvalue weighted by atomic mass is 9.85. The first kappa shape index (κ1) is 80.4. The van der Waals surface area contributed by atoms with Crippen LogP contribution in [0.2, 0.25) is 0 Å². The number of rotatable bonds is 19. The molecule has 20 rings (SSSR count). The summed E-state index contributed by atoms with van der Waals surface area (Å²) in [7, 11) is 1.67. The molecule has 8 aromatic heterocycles. The summed E-state index contributed by atoms with van der Waals surface area (Å²) in [6.07, 6.45) is 13.7. The van der Waals surface area contributed by atoms with E-state index in [0.717, 1.165) is 81.8 Å². The van der Waals surface area contributed by atoms with Crippen molar-refractivity contribution in [2.75, 3.05) is 90.8 Å². The first-order valence-corrected chi connectivity index (χ1v) is 42.9. The number of likely N-dealkylation sites (tertiary alicyclic amines) is 2. The Hall–Kier alpha value is -12.0. The topological polar surface area (TPSA) is 330 Å². The maximum atomic E-state index is 15.8. The summed E-state index contributed by atoms with van der Waals surface area (Å²) >= 11 is 0. The van der Waals surface area contributed by atoms with Crippen LogP contribution in [0.4, 0.5) is 55.4 Å². The van der Waals surface area contributed by atoms with Crippen molar-refractivity contribution in [1.82, 2.24) is 83.3 Å². The molecule has 2 aromatic carbocycles. The molecular formula is C87H91F5N22O10. The summed E-state index contributed by atoms with van der Waals surface area (Å²) in [5.41, 5.74) is 2.16. The van der Waals surface area contributed by atoms with E-state index in [9.17, 15) is 51.1 Å². The maximum Gasteiger partial charge on any atom is 0.329 e. The molecule has 16 heterocycles. The van der Waals surface area contributed by atoms with Crippen molar-refractivity contribution in [2.24, 2.45) is 24.8 Å². The number of carbonyl (C=O) groups excluding carboxylic acids is 6. The Bertz CT molecular complexity index is 6080. The predicted molar refractivity (Wildman–Crippen MR) is 442 cm³/mol. The lowest BCUT2D eigenvalue weighted by Gasteiger charge is -2.42. The number of imide groups is 2. The molecule has 32 nitrogen and oxygen atoms in total. The van der Waals surface area contributed by atoms with Crippen LogP contribution in [-0.2, 0) is 35.6 Å². The van der Waals surface area contributed by atoms with Crippen molar-refractivity contribution in [3.05, 3.63) is 142 Å². The second-order valence-electron chi connectivity index (χ2n) is 34.5. The molecule has 644 valence electrons. The number of aryl methyl sites for hydroxylation is 1. The number of aromatic nitrogens is 13. The Morgan fingerprint density at radius 2 is 1.20 bits per heavy atom. The van der Waals surface area contributed by atoms with E-state index < -0.39 is 78.5 Å². The molecule has 0 radical (unpaired) electrons. The molecule has 124 heavy (non-hydrogen) atoms. The molecule has 3 unspecified atom stereocenters. The minimum atomic E-state index is -2.99. The van der Waals surface area contributed by atoms with Gasteiger partial charge in [0.1, 0.15) is 53.8 Å². The van der Waals surface area contributed by atoms with Crippen molar-refractivity contribution in [3.63, 3.8) is 0 Å². The number of nitrogens with zero attached hydrogens (tertiary/aromatic N) is 18. The van der Waals surface area contributed by atoms with Gasteiger partial charge in [-0.05, 0) is 145 Å². The first-order valence-electron chi connectivity index (χ1n) is 42.9. The minimum Gasteiger partial charge on any atom is -0.368 e. The van der Waals surface area contributed by atoms with E-state index in [-0.39, 0.29) is 138 Å². The molecule has 4 N–H and O–H groups in total. The van der Waals surface area contributed by atoms with Gasteiger partial charge in [-0.25, -0.2) is 50.5 Å². The van der Waals surface area contributed by atoms with E-state index in [1.807, 2.05) is 42.5 Å². The van der Waals surface area contributed by atoms with Crippen LogP contribution in [0.1, 0.15) is 177 Å². The van der Waals surface area contributed by atoms with E-state index in [1.54, 1.807) is 42.6 Å². The Labute approximate surface area is 706 Å². The number of alkyl halides is 5. The van der Waals surface area contributed by atoms with E-state index in [1.165, 1.54) is 52.5 Å². The lowest BCUT2D eigenvalue weighted by molar-refractivity contribution is -0.135. The highest BCUT2D eigenvalue weighted by Crippen LogP contribution is 2.47. The zero-order valence-corrected chi connectivity index (χ0v) is 67.9. The molecule has 8 saturated heterocycles. The van der Waals surface area contributed by atoms with Crippen LogP contribution in [-0.4, -0.2) is 223 Å². The SMILES string of the molecule is Cn1c(=O)n(C2CCC(=O)NC2=O)c2cccc(C#CC3CCN(CC4CCC(n5cc(NC(=O)c6cnn7ccc(N8C[C@H]9C[C@@H]8C(C8O[C@@H]%10C[C@H]8N(c8ccn%11ncc(C(=O)Nc%12cn(C%13CCC(CN%14CC[C@@H](OCC#Cc%15cccc%16c(N%17CCC(=O)NC%17=O)cncc%15%16)[C@@H](F)C%14)CC%13)nc%12C(F)F)c%11n8)C%10)O9)nc67)c(C(F)F)n5)CC4)CC3)c21. The quantitative estimate of drug-likeness (QED) is 0.0333. The number of urea groups is 1. The highest BCUT2D eigenvalue weighted by atomic mass is 19.3. The maximum absolute atomic E-state index is 15.8. The molecule has 10 aliphatic rings. The molecule has 0 spiro atoms. The van der Waals surface area contributed by atoms with Gasteiger partial charge in [-0.1, -0.05) is 41.9 Å². The molecule has 2 aliphatic carbocycles. The normalized spacial score (nSPS) is 26.4. The number of para-hydroxylation sites is 1. The standard InChI is InChI=1S/C87H91F5N22O10/c1-104-76-52(6-3-9-64(76)114(87(104)121)65-20-21-72(115)100-85(65)119)15-10-48-22-28-105(29-23-48)41-49-11-16-53(17-12-49)112-46-62(74(102-112)79(89)90)96-83(117)59-38-94-110-32-25-70(98-81(59)110)108-43-55-35-66(108)77(123-55)78-67-36-56(124-78)44-109(67)71-26-33-111-82(99-71)60(39-95-111)84(118)97-63-47-113(103-75(63)80(91)92)54-18-13-50(14-19-54)42-106-30-24-69(61(88)45-106)122-34-4-7-51-5-2-8-57-58(51)37-93-40-68(57)107-31-27-73(116)101-86(107)120/h2-3,5-6,8-9,25-26,32-33,37-40,46-50,53-56,61,65-67,69,77-80H,11-14,16-24,27-31,34-36,41-45H2,1H3,(H,96,117)(H,97,118)(H,100,115,119)(H,101,116,120)/t49?,50?,53?,54?,55-,56-,61+,65?,66-,67-,69-,77?,78?/m1/s1. The Morgan fingerprint density at radius 1 is 0.621 bits per heavy atom. The van der Waals surface area contributed by atoms with E-state index in [4.69, 9.17) is 24.2 Å². The zero-order valence-electron chi connectivity index (χ0n) is 67.9. The highest BCUT2D eigenvalue weighted by Gasteiger charge is 2.58. The number of ether oxygens (including phenoxy) is 3. The fourth-order valence-electron chi connectivity index (χ4n) is 20.7. The van der Waals surface area contributed by atoms with Crippen LogP contribution in [0.15, 0.2) is 103 Å². The Balaban J connectivity index is 0.425. The number of benzene rings is 2. The highest BCUT2D eigenvalue weighted by molar-refractivity contribution is 6.11. The molecule has 10 aromatic rings. The number of nitrogens with one attached hydrogen (secondary N) is 4. The summed E-state index contributed by atoms with van der Waals surface area (Å²) < 4.78 is 104. The fraction of sp³-hybridized carbons (Fsp3) is 0.494. The number of carbonyl (C=O) groups is 6. The summed E-state index contributed by atoms with van der Waals surface area (Å²) in [6, 6.07) is 12.7. The Morgan fingerprint density at radius 3 is 1.78 bits per heavy atom. The minimum absolute atomic E-state index is 0.0149. The number of anilines is 5. The number of hydrogen-bond acceptors (Lipinski definition) is 21. The van der Waals surface area contributed by atoms with Gasteiger partial charge < -0.3 is 39.5 Å². The second-order valence-corrected chi connectivity index (χ2v) is 34.5. The zero-order chi connectivity index (χ0) is 84.9. The van der Waals surface area contributed by atoms with E-state index in [2.05, 4.69) is 89.9 Å². The number of imidazole rings is 1. The number of amides is 7. The van der Waals surface area contributed by atoms with Gasteiger partial charge in [0, 0.05) is 119 Å². The summed E-state index contributed by atoms with van der Waals surface area (Å²) in [5, 5.41) is 29.2. The van der Waals surface area contributed by atoms with Crippen LogP contribution < -0.4 is 41.7 Å². The number of pyridine rings is 1. The molecular weight excluding hydrogens is 1610 g/mol. The van der Waals surface area contributed by atoms with Gasteiger partial charge in [-0.2, -0.15) is 20.4 Å². The van der Waals surface area contributed by atoms with Crippen molar-refractivity contribution < 1.29 is 64.9 Å². The third kappa shape index (κ3) is 15.4. The molecule has 9 atom stereocenters. The van der Waals surface area contributed by atoms with Crippen molar-refractivity contribution in [2.45, 2.75) is 182 Å². The van der Waals surface area contributed by atoms with Crippen LogP contribution in [0.5, 0.6) is 0 Å². The van der Waals surface area contributed by atoms with Crippen LogP contribution in [0.3, 0.4) is 0 Å². The number of piperidine rings is 3. The molecule has 8 aliphatic heterocycles. The molecule has 37 heteroatoms. The average molecular weight is 1700 g/mol. The van der Waals surface area contributed by atoms with Gasteiger partial charge in [-0.3, -0.25) is 67.9 Å². The van der Waals surface area contributed by atoms with Crippen molar-refractivity contribution in [3.8, 4) is 23.7 Å². The summed E-state index contributed by atoms with van der Waals surface area (Å²) in [4.78, 5) is 116. The van der Waals surface area contributed by atoms with Gasteiger partial charge in [-0.15, -0.1) is 0 Å². The van der Waals surface area contributed by atoms with Crippen LogP contribution >= 0.6 is 0 Å². The monoisotopic (exact) mass is 1700 g/mol. The van der Waals surface area contributed by atoms with Gasteiger partial charge >= 0.3 is 11.7 Å². The van der Waals surface area contributed by atoms with Gasteiger partial charge in [0.05, 0.1) is 94.7 Å². The first-order chi connectivity index (χ1) is 60.2.